The Balaban J connectivity index is 2.12. The van der Waals surface area contributed by atoms with Gasteiger partial charge in [0.05, 0.1) is 0 Å². The van der Waals surface area contributed by atoms with Gasteiger partial charge in [-0.05, 0) is 31.5 Å². The number of carbonyl (C=O) groups is 1. The summed E-state index contributed by atoms with van der Waals surface area (Å²) in [6.45, 7) is 5.32. The van der Waals surface area contributed by atoms with E-state index in [-0.39, 0.29) is 5.91 Å². The van der Waals surface area contributed by atoms with E-state index in [1.165, 1.54) is 76.2 Å². The SMILES string of the molecule is CCCCCCCCCCCCCN(CCCC(N)=O)Cc1ccccc1. The molecule has 3 heteroatoms. The van der Waals surface area contributed by atoms with E-state index < -0.39 is 0 Å². The largest absolute Gasteiger partial charge is 0.370 e. The molecule has 0 spiro atoms. The highest BCUT2D eigenvalue weighted by atomic mass is 16.1. The van der Waals surface area contributed by atoms with Gasteiger partial charge in [-0.3, -0.25) is 9.69 Å². The summed E-state index contributed by atoms with van der Waals surface area (Å²) in [4.78, 5) is 13.5. The van der Waals surface area contributed by atoms with Crippen LogP contribution in [0.5, 0.6) is 0 Å². The lowest BCUT2D eigenvalue weighted by Crippen LogP contribution is -2.26. The molecule has 0 saturated carbocycles. The summed E-state index contributed by atoms with van der Waals surface area (Å²) >= 11 is 0. The molecule has 0 saturated heterocycles. The van der Waals surface area contributed by atoms with Gasteiger partial charge in [0.2, 0.25) is 5.91 Å². The van der Waals surface area contributed by atoms with Crippen LogP contribution in [0, 0.1) is 0 Å². The Morgan fingerprint density at radius 2 is 1.30 bits per heavy atom. The van der Waals surface area contributed by atoms with Gasteiger partial charge < -0.3 is 5.73 Å². The molecule has 2 N–H and O–H groups in total. The number of primary amides is 1. The van der Waals surface area contributed by atoms with Crippen molar-refractivity contribution in [2.75, 3.05) is 13.1 Å². The van der Waals surface area contributed by atoms with Crippen LogP contribution >= 0.6 is 0 Å². The van der Waals surface area contributed by atoms with Crippen molar-refractivity contribution < 1.29 is 4.79 Å². The van der Waals surface area contributed by atoms with Crippen molar-refractivity contribution in [1.29, 1.82) is 0 Å². The monoisotopic (exact) mass is 374 g/mol. The third kappa shape index (κ3) is 14.4. The number of nitrogens with two attached hydrogens (primary N) is 1. The Morgan fingerprint density at radius 1 is 0.778 bits per heavy atom. The minimum atomic E-state index is -0.190. The molecule has 0 unspecified atom stereocenters. The van der Waals surface area contributed by atoms with E-state index in [1.807, 2.05) is 0 Å². The molecule has 0 atom stereocenters. The molecule has 0 aliphatic heterocycles. The number of hydrogen-bond donors (Lipinski definition) is 1. The molecular formula is C24H42N2O. The van der Waals surface area contributed by atoms with Crippen LogP contribution in [0.15, 0.2) is 30.3 Å². The number of hydrogen-bond acceptors (Lipinski definition) is 2. The fourth-order valence-electron chi connectivity index (χ4n) is 3.59. The highest BCUT2D eigenvalue weighted by molar-refractivity contribution is 5.73. The highest BCUT2D eigenvalue weighted by Crippen LogP contribution is 2.12. The molecule has 1 amide bonds. The third-order valence-electron chi connectivity index (χ3n) is 5.22. The second-order valence-corrected chi connectivity index (χ2v) is 7.87. The molecule has 0 aliphatic carbocycles. The van der Waals surface area contributed by atoms with Crippen molar-refractivity contribution >= 4 is 5.91 Å². The highest BCUT2D eigenvalue weighted by Gasteiger charge is 2.07. The first-order valence-corrected chi connectivity index (χ1v) is 11.3. The number of carbonyl (C=O) groups excluding carboxylic acids is 1. The maximum atomic E-state index is 11.0. The van der Waals surface area contributed by atoms with E-state index in [2.05, 4.69) is 42.2 Å². The zero-order valence-electron chi connectivity index (χ0n) is 17.6. The lowest BCUT2D eigenvalue weighted by Gasteiger charge is -2.22. The molecule has 154 valence electrons. The van der Waals surface area contributed by atoms with E-state index in [4.69, 9.17) is 5.73 Å². The van der Waals surface area contributed by atoms with Gasteiger partial charge in [0.1, 0.15) is 0 Å². The Kier molecular flexibility index (Phi) is 14.7. The zero-order valence-corrected chi connectivity index (χ0v) is 17.6. The van der Waals surface area contributed by atoms with Crippen LogP contribution in [0.25, 0.3) is 0 Å². The van der Waals surface area contributed by atoms with Crippen molar-refractivity contribution in [3.05, 3.63) is 35.9 Å². The topological polar surface area (TPSA) is 46.3 Å². The second-order valence-electron chi connectivity index (χ2n) is 7.87. The van der Waals surface area contributed by atoms with Crippen LogP contribution in [0.3, 0.4) is 0 Å². The van der Waals surface area contributed by atoms with Crippen molar-refractivity contribution in [3.8, 4) is 0 Å². The molecule has 1 rings (SSSR count). The molecule has 1 aromatic carbocycles. The van der Waals surface area contributed by atoms with Gasteiger partial charge >= 0.3 is 0 Å². The fourth-order valence-corrected chi connectivity index (χ4v) is 3.59. The van der Waals surface area contributed by atoms with Crippen LogP contribution in [0.1, 0.15) is 96.0 Å². The van der Waals surface area contributed by atoms with Crippen LogP contribution in [0.4, 0.5) is 0 Å². The normalized spacial score (nSPS) is 11.2. The Bertz CT molecular complexity index is 461. The van der Waals surface area contributed by atoms with Crippen LogP contribution < -0.4 is 5.73 Å². The summed E-state index contributed by atoms with van der Waals surface area (Å²) in [6, 6.07) is 10.6. The quantitative estimate of drug-likeness (QED) is 0.317. The van der Waals surface area contributed by atoms with Crippen LogP contribution in [-0.4, -0.2) is 23.9 Å². The number of benzene rings is 1. The van der Waals surface area contributed by atoms with E-state index in [0.29, 0.717) is 6.42 Å². The van der Waals surface area contributed by atoms with Gasteiger partial charge in [0.25, 0.3) is 0 Å². The molecule has 0 aromatic heterocycles. The van der Waals surface area contributed by atoms with Crippen molar-refractivity contribution in [3.63, 3.8) is 0 Å². The van der Waals surface area contributed by atoms with Gasteiger partial charge in [-0.1, -0.05) is 101 Å². The molecule has 0 aliphatic rings. The summed E-state index contributed by atoms with van der Waals surface area (Å²) < 4.78 is 0. The average molecular weight is 375 g/mol. The first-order chi connectivity index (χ1) is 13.2. The molecule has 3 nitrogen and oxygen atoms in total. The molecular weight excluding hydrogens is 332 g/mol. The summed E-state index contributed by atoms with van der Waals surface area (Å²) in [6.07, 6.45) is 16.5. The zero-order chi connectivity index (χ0) is 19.6. The van der Waals surface area contributed by atoms with Crippen molar-refractivity contribution in [1.82, 2.24) is 4.90 Å². The standard InChI is InChI=1S/C24H42N2O/c1-2-3-4-5-6-7-8-9-10-11-15-20-26(21-16-19-24(25)27)22-23-17-13-12-14-18-23/h12-14,17-18H,2-11,15-16,19-22H2,1H3,(H2,25,27). The number of unbranched alkanes of at least 4 members (excludes halogenated alkanes) is 10. The van der Waals surface area contributed by atoms with Crippen molar-refractivity contribution in [2.45, 2.75) is 96.9 Å². The molecule has 0 fully saturated rings. The fraction of sp³-hybridized carbons (Fsp3) is 0.708. The van der Waals surface area contributed by atoms with E-state index in [0.717, 1.165) is 26.1 Å². The Hall–Kier alpha value is -1.35. The van der Waals surface area contributed by atoms with Gasteiger partial charge in [-0.2, -0.15) is 0 Å². The van der Waals surface area contributed by atoms with Gasteiger partial charge in [-0.15, -0.1) is 0 Å². The summed E-state index contributed by atoms with van der Waals surface area (Å²) in [5, 5.41) is 0. The maximum Gasteiger partial charge on any atom is 0.217 e. The smallest absolute Gasteiger partial charge is 0.217 e. The Labute approximate surface area is 167 Å². The summed E-state index contributed by atoms with van der Waals surface area (Å²) in [5.41, 5.74) is 6.63. The van der Waals surface area contributed by atoms with Gasteiger partial charge in [0.15, 0.2) is 0 Å². The second kappa shape index (κ2) is 16.8. The number of rotatable bonds is 18. The average Bonchev–Trinajstić information content (AvgIpc) is 2.66. The van der Waals surface area contributed by atoms with E-state index in [1.54, 1.807) is 0 Å². The molecule has 0 radical (unpaired) electrons. The maximum absolute atomic E-state index is 11.0. The van der Waals surface area contributed by atoms with Gasteiger partial charge in [-0.25, -0.2) is 0 Å². The minimum Gasteiger partial charge on any atom is -0.370 e. The Morgan fingerprint density at radius 3 is 1.85 bits per heavy atom. The van der Waals surface area contributed by atoms with Crippen molar-refractivity contribution in [2.24, 2.45) is 5.73 Å². The van der Waals surface area contributed by atoms with Crippen LogP contribution in [-0.2, 0) is 11.3 Å². The molecule has 27 heavy (non-hydrogen) atoms. The molecule has 1 aromatic rings. The first-order valence-electron chi connectivity index (χ1n) is 11.3. The third-order valence-corrected chi connectivity index (χ3v) is 5.22. The van der Waals surface area contributed by atoms with Crippen LogP contribution in [0.2, 0.25) is 0 Å². The molecule has 0 heterocycles. The lowest BCUT2D eigenvalue weighted by atomic mass is 10.1. The van der Waals surface area contributed by atoms with Gasteiger partial charge in [0, 0.05) is 13.0 Å². The van der Waals surface area contributed by atoms with E-state index >= 15 is 0 Å². The first kappa shape index (κ1) is 23.7. The lowest BCUT2D eigenvalue weighted by molar-refractivity contribution is -0.118. The predicted molar refractivity (Wildman–Crippen MR) is 117 cm³/mol. The van der Waals surface area contributed by atoms with E-state index in [9.17, 15) is 4.79 Å². The molecule has 0 bridgehead atoms. The summed E-state index contributed by atoms with van der Waals surface area (Å²) in [5.74, 6) is -0.190. The summed E-state index contributed by atoms with van der Waals surface area (Å²) in [7, 11) is 0. The predicted octanol–water partition coefficient (Wildman–Crippen LogP) is 6.07. The number of amides is 1. The number of nitrogens with zero attached hydrogens (tertiary/aromatic N) is 1. The minimum absolute atomic E-state index is 0.190.